The van der Waals surface area contributed by atoms with E-state index in [1.807, 2.05) is 19.1 Å². The molecule has 4 saturated carbocycles. The van der Waals surface area contributed by atoms with Gasteiger partial charge in [0, 0.05) is 0 Å². The van der Waals surface area contributed by atoms with Crippen molar-refractivity contribution < 1.29 is 12.6 Å². The molecule has 1 aromatic carbocycles. The van der Waals surface area contributed by atoms with Gasteiger partial charge in [0.15, 0.2) is 0 Å². The van der Waals surface area contributed by atoms with E-state index in [0.29, 0.717) is 10.8 Å². The quantitative estimate of drug-likeness (QED) is 0.806. The molecule has 4 heteroatoms. The highest BCUT2D eigenvalue weighted by atomic mass is 32.2. The maximum absolute atomic E-state index is 12.5. The van der Waals surface area contributed by atoms with Crippen molar-refractivity contribution >= 4 is 10.1 Å². The van der Waals surface area contributed by atoms with Gasteiger partial charge in [-0.05, 0) is 73.8 Å². The molecule has 5 rings (SSSR count). The van der Waals surface area contributed by atoms with Crippen LogP contribution in [0.3, 0.4) is 0 Å². The number of benzene rings is 1. The van der Waals surface area contributed by atoms with Gasteiger partial charge < -0.3 is 0 Å². The summed E-state index contributed by atoms with van der Waals surface area (Å²) in [6.07, 6.45) is 3.60. The molecule has 0 radical (unpaired) electrons. The summed E-state index contributed by atoms with van der Waals surface area (Å²) in [6.45, 7) is 1.96. The monoisotopic (exact) mass is 304 g/mol. The van der Waals surface area contributed by atoms with Crippen LogP contribution < -0.4 is 0 Å². The SMILES string of the molecule is Cc1ccc(S(=O)(=O)O[C@@H]2C[C@@H]3[C@@H]4CC[C@H]5[C@H]4[C@H]3[C@@H]52)cc1. The van der Waals surface area contributed by atoms with Crippen LogP contribution in [0.25, 0.3) is 0 Å². The first-order valence-electron chi connectivity index (χ1n) is 8.06. The van der Waals surface area contributed by atoms with Crippen molar-refractivity contribution in [1.82, 2.24) is 0 Å². The molecule has 0 spiro atoms. The van der Waals surface area contributed by atoms with E-state index in [4.69, 9.17) is 4.18 Å². The third kappa shape index (κ3) is 1.50. The van der Waals surface area contributed by atoms with Crippen LogP contribution in [0.1, 0.15) is 24.8 Å². The minimum atomic E-state index is -3.60. The Morgan fingerprint density at radius 1 is 0.952 bits per heavy atom. The molecule has 0 saturated heterocycles. The van der Waals surface area contributed by atoms with Crippen LogP contribution >= 0.6 is 0 Å². The molecule has 1 aromatic rings. The van der Waals surface area contributed by atoms with E-state index in [1.165, 1.54) is 12.8 Å². The van der Waals surface area contributed by atoms with Gasteiger partial charge in [0.05, 0.1) is 11.0 Å². The van der Waals surface area contributed by atoms with Crippen LogP contribution in [0.15, 0.2) is 29.2 Å². The lowest BCUT2D eigenvalue weighted by Crippen LogP contribution is -2.57. The smallest absolute Gasteiger partial charge is 0.263 e. The van der Waals surface area contributed by atoms with Crippen LogP contribution in [-0.4, -0.2) is 14.5 Å². The molecule has 0 bridgehead atoms. The second-order valence-electron chi connectivity index (χ2n) is 7.44. The van der Waals surface area contributed by atoms with Gasteiger partial charge in [-0.1, -0.05) is 17.7 Å². The molecule has 0 aliphatic heterocycles. The van der Waals surface area contributed by atoms with E-state index in [1.54, 1.807) is 12.1 Å². The predicted molar refractivity (Wildman–Crippen MR) is 78.0 cm³/mol. The van der Waals surface area contributed by atoms with E-state index >= 15 is 0 Å². The summed E-state index contributed by atoms with van der Waals surface area (Å²) in [7, 11) is -3.60. The first-order valence-corrected chi connectivity index (χ1v) is 9.47. The Morgan fingerprint density at radius 2 is 1.67 bits per heavy atom. The summed E-state index contributed by atoms with van der Waals surface area (Å²) in [4.78, 5) is 0.299. The number of rotatable bonds is 3. The van der Waals surface area contributed by atoms with Gasteiger partial charge in [-0.3, -0.25) is 4.18 Å². The molecule has 0 unspecified atom stereocenters. The van der Waals surface area contributed by atoms with E-state index in [9.17, 15) is 8.42 Å². The molecule has 0 heterocycles. The second-order valence-corrected chi connectivity index (χ2v) is 9.01. The van der Waals surface area contributed by atoms with Crippen LogP contribution in [0.5, 0.6) is 0 Å². The third-order valence-electron chi connectivity index (χ3n) is 6.74. The largest absolute Gasteiger partial charge is 0.297 e. The Labute approximate surface area is 125 Å². The Morgan fingerprint density at radius 3 is 2.43 bits per heavy atom. The lowest BCUT2D eigenvalue weighted by molar-refractivity contribution is -0.136. The lowest BCUT2D eigenvalue weighted by Gasteiger charge is -2.59. The van der Waals surface area contributed by atoms with Crippen molar-refractivity contribution in [3.05, 3.63) is 29.8 Å². The van der Waals surface area contributed by atoms with Crippen molar-refractivity contribution in [2.45, 2.75) is 37.2 Å². The summed E-state index contributed by atoms with van der Waals surface area (Å²) in [5.41, 5.74) is 1.06. The summed E-state index contributed by atoms with van der Waals surface area (Å²) < 4.78 is 30.6. The van der Waals surface area contributed by atoms with E-state index < -0.39 is 10.1 Å². The fraction of sp³-hybridized carbons (Fsp3) is 0.647. The molecular formula is C17H20O3S. The van der Waals surface area contributed by atoms with Crippen molar-refractivity contribution in [2.75, 3.05) is 0 Å². The molecule has 0 amide bonds. The molecular weight excluding hydrogens is 284 g/mol. The Bertz CT molecular complexity index is 682. The number of hydrogen-bond acceptors (Lipinski definition) is 3. The molecule has 4 aliphatic carbocycles. The molecule has 7 atom stereocenters. The number of fused-ring (bicyclic) bond motifs is 2. The number of aryl methyl sites for hydroxylation is 1. The minimum Gasteiger partial charge on any atom is -0.263 e. The van der Waals surface area contributed by atoms with Crippen molar-refractivity contribution in [3.63, 3.8) is 0 Å². The second kappa shape index (κ2) is 3.90. The fourth-order valence-corrected chi connectivity index (χ4v) is 7.13. The lowest BCUT2D eigenvalue weighted by atomic mass is 9.45. The maximum Gasteiger partial charge on any atom is 0.297 e. The Kier molecular flexibility index (Phi) is 2.35. The summed E-state index contributed by atoms with van der Waals surface area (Å²) in [5, 5.41) is 0. The van der Waals surface area contributed by atoms with Gasteiger partial charge in [0.25, 0.3) is 10.1 Å². The topological polar surface area (TPSA) is 43.4 Å². The average Bonchev–Trinajstić information content (AvgIpc) is 2.67. The summed E-state index contributed by atoms with van der Waals surface area (Å²) >= 11 is 0. The van der Waals surface area contributed by atoms with Crippen molar-refractivity contribution in [1.29, 1.82) is 0 Å². The van der Waals surface area contributed by atoms with Gasteiger partial charge in [0.1, 0.15) is 0 Å². The highest BCUT2D eigenvalue weighted by Crippen LogP contribution is 2.77. The van der Waals surface area contributed by atoms with Gasteiger partial charge in [-0.15, -0.1) is 0 Å². The summed E-state index contributed by atoms with van der Waals surface area (Å²) in [5.74, 6) is 4.66. The first kappa shape index (κ1) is 12.7. The van der Waals surface area contributed by atoms with Gasteiger partial charge in [-0.2, -0.15) is 8.42 Å². The van der Waals surface area contributed by atoms with Crippen LogP contribution in [0.2, 0.25) is 0 Å². The Balaban J connectivity index is 1.40. The molecule has 0 N–H and O–H groups in total. The first-order chi connectivity index (χ1) is 10.1. The maximum atomic E-state index is 12.5. The number of hydrogen-bond donors (Lipinski definition) is 0. The fourth-order valence-electron chi connectivity index (χ4n) is 6.02. The molecule has 112 valence electrons. The van der Waals surface area contributed by atoms with Crippen molar-refractivity contribution in [3.8, 4) is 0 Å². The molecule has 4 fully saturated rings. The molecule has 0 aromatic heterocycles. The van der Waals surface area contributed by atoms with Gasteiger partial charge in [0.2, 0.25) is 0 Å². The highest BCUT2D eigenvalue weighted by Gasteiger charge is 2.74. The zero-order valence-electron chi connectivity index (χ0n) is 12.1. The van der Waals surface area contributed by atoms with Crippen LogP contribution in [-0.2, 0) is 14.3 Å². The van der Waals surface area contributed by atoms with Crippen LogP contribution in [0, 0.1) is 42.4 Å². The standard InChI is InChI=1S/C17H20O3S/c1-9-2-4-10(5-3-9)21(18,19)20-14-8-13-11-6-7-12-15(11)17(13)16(12)14/h2-5,11-17H,6-8H2,1H3/t11-,12-,13+,14+,15-,16-,17-/m0/s1. The van der Waals surface area contributed by atoms with E-state index in [2.05, 4.69) is 0 Å². The zero-order chi connectivity index (χ0) is 14.4. The molecule has 21 heavy (non-hydrogen) atoms. The van der Waals surface area contributed by atoms with Crippen molar-refractivity contribution in [2.24, 2.45) is 35.5 Å². The van der Waals surface area contributed by atoms with Crippen LogP contribution in [0.4, 0.5) is 0 Å². The predicted octanol–water partition coefficient (Wildman–Crippen LogP) is 2.99. The third-order valence-corrected chi connectivity index (χ3v) is 8.09. The average molecular weight is 304 g/mol. The van der Waals surface area contributed by atoms with Gasteiger partial charge in [-0.25, -0.2) is 0 Å². The highest BCUT2D eigenvalue weighted by molar-refractivity contribution is 7.86. The molecule has 4 aliphatic rings. The summed E-state index contributed by atoms with van der Waals surface area (Å²) in [6, 6.07) is 6.97. The van der Waals surface area contributed by atoms with E-state index in [-0.39, 0.29) is 6.10 Å². The zero-order valence-corrected chi connectivity index (χ0v) is 12.9. The molecule has 3 nitrogen and oxygen atoms in total. The Hall–Kier alpha value is -0.870. The van der Waals surface area contributed by atoms with E-state index in [0.717, 1.165) is 41.6 Å². The minimum absolute atomic E-state index is 0.0575. The normalized spacial score (nSPS) is 45.9. The van der Waals surface area contributed by atoms with Gasteiger partial charge >= 0.3 is 0 Å².